The fourth-order valence-electron chi connectivity index (χ4n) is 1.02. The van der Waals surface area contributed by atoms with Gasteiger partial charge in [-0.05, 0) is 40.2 Å². The summed E-state index contributed by atoms with van der Waals surface area (Å²) in [6.45, 7) is 0. The number of nitrogens with zero attached hydrogens (tertiary/aromatic N) is 2. The highest BCUT2D eigenvalue weighted by Crippen LogP contribution is 2.31. The lowest BCUT2D eigenvalue weighted by molar-refractivity contribution is 0.456. The van der Waals surface area contributed by atoms with Gasteiger partial charge in [0, 0.05) is 0 Å². The summed E-state index contributed by atoms with van der Waals surface area (Å²) in [5, 5.41) is 0.257. The Hall–Kier alpha value is -1.20. The predicted molar refractivity (Wildman–Crippen MR) is 61.2 cm³/mol. The molecule has 0 unspecified atom stereocenters. The molecule has 0 atom stereocenters. The van der Waals surface area contributed by atoms with Gasteiger partial charge in [0.25, 0.3) is 0 Å². The third kappa shape index (κ3) is 2.48. The first kappa shape index (κ1) is 11.3. The summed E-state index contributed by atoms with van der Waals surface area (Å²) in [6.07, 6.45) is 1.28. The van der Waals surface area contributed by atoms with E-state index in [4.69, 9.17) is 16.3 Å². The minimum absolute atomic E-state index is 0.257. The van der Waals surface area contributed by atoms with Gasteiger partial charge in [0.2, 0.25) is 5.88 Å². The van der Waals surface area contributed by atoms with Crippen LogP contribution in [0.3, 0.4) is 0 Å². The number of benzene rings is 1. The van der Waals surface area contributed by atoms with Crippen LogP contribution in [-0.2, 0) is 0 Å². The zero-order chi connectivity index (χ0) is 11.5. The van der Waals surface area contributed by atoms with Crippen LogP contribution in [0.1, 0.15) is 0 Å². The maximum absolute atomic E-state index is 12.7. The fraction of sp³-hybridized carbons (Fsp3) is 0. The van der Waals surface area contributed by atoms with Gasteiger partial charge in [0.15, 0.2) is 5.15 Å². The summed E-state index contributed by atoms with van der Waals surface area (Å²) in [5.74, 6) is 0.426. The Morgan fingerprint density at radius 3 is 2.56 bits per heavy atom. The largest absolute Gasteiger partial charge is 0.438 e. The molecule has 1 aromatic carbocycles. The smallest absolute Gasteiger partial charge is 0.238 e. The molecule has 0 spiro atoms. The molecule has 0 fully saturated rings. The molecule has 0 saturated heterocycles. The van der Waals surface area contributed by atoms with E-state index in [0.717, 1.165) is 0 Å². The first-order chi connectivity index (χ1) is 7.66. The third-order valence-electron chi connectivity index (χ3n) is 1.74. The first-order valence-corrected chi connectivity index (χ1v) is 5.43. The second kappa shape index (κ2) is 4.76. The molecular formula is C10H5BrClFN2O. The molecule has 0 aliphatic carbocycles. The number of hydrogen-bond donors (Lipinski definition) is 0. The van der Waals surface area contributed by atoms with E-state index in [1.54, 1.807) is 0 Å². The van der Waals surface area contributed by atoms with Crippen molar-refractivity contribution >= 4 is 27.5 Å². The molecule has 0 amide bonds. The number of ether oxygens (including phenoxy) is 1. The fourth-order valence-corrected chi connectivity index (χ4v) is 1.43. The van der Waals surface area contributed by atoms with Gasteiger partial charge in [0.05, 0.1) is 0 Å². The van der Waals surface area contributed by atoms with Crippen molar-refractivity contribution < 1.29 is 9.13 Å². The molecule has 16 heavy (non-hydrogen) atoms. The Kier molecular flexibility index (Phi) is 3.36. The van der Waals surface area contributed by atoms with Gasteiger partial charge < -0.3 is 4.74 Å². The average molecular weight is 304 g/mol. The zero-order valence-electron chi connectivity index (χ0n) is 7.82. The van der Waals surface area contributed by atoms with Crippen LogP contribution in [-0.4, -0.2) is 9.97 Å². The first-order valence-electron chi connectivity index (χ1n) is 4.26. The molecule has 6 heteroatoms. The van der Waals surface area contributed by atoms with Crippen molar-refractivity contribution in [3.8, 4) is 11.6 Å². The zero-order valence-corrected chi connectivity index (χ0v) is 10.2. The van der Waals surface area contributed by atoms with Crippen LogP contribution in [0.5, 0.6) is 11.6 Å². The third-order valence-corrected chi connectivity index (χ3v) is 2.97. The van der Waals surface area contributed by atoms with E-state index in [0.29, 0.717) is 10.2 Å². The minimum Gasteiger partial charge on any atom is -0.438 e. The van der Waals surface area contributed by atoms with E-state index in [-0.39, 0.29) is 16.9 Å². The lowest BCUT2D eigenvalue weighted by Gasteiger charge is -2.06. The maximum Gasteiger partial charge on any atom is 0.238 e. The van der Waals surface area contributed by atoms with Crippen LogP contribution < -0.4 is 4.74 Å². The Bertz CT molecular complexity index is 507. The van der Waals surface area contributed by atoms with Gasteiger partial charge in [-0.2, -0.15) is 0 Å². The van der Waals surface area contributed by atoms with Gasteiger partial charge in [-0.3, -0.25) is 0 Å². The minimum atomic E-state index is -0.327. The van der Waals surface area contributed by atoms with E-state index in [1.807, 2.05) is 0 Å². The quantitative estimate of drug-likeness (QED) is 0.791. The van der Waals surface area contributed by atoms with Crippen molar-refractivity contribution in [2.45, 2.75) is 0 Å². The lowest BCUT2D eigenvalue weighted by atomic mass is 10.3. The predicted octanol–water partition coefficient (Wildman–Crippen LogP) is 3.82. The van der Waals surface area contributed by atoms with Gasteiger partial charge >= 0.3 is 0 Å². The summed E-state index contributed by atoms with van der Waals surface area (Å²) in [5.41, 5.74) is 0. The van der Waals surface area contributed by atoms with E-state index >= 15 is 0 Å². The second-order valence-corrected chi connectivity index (χ2v) is 3.99. The number of halogens is 3. The Morgan fingerprint density at radius 2 is 1.88 bits per heavy atom. The monoisotopic (exact) mass is 302 g/mol. The Labute approximate surface area is 104 Å². The molecule has 0 bridgehead atoms. The van der Waals surface area contributed by atoms with Crippen LogP contribution in [0.4, 0.5) is 4.39 Å². The number of rotatable bonds is 2. The van der Waals surface area contributed by atoms with Crippen LogP contribution >= 0.6 is 27.5 Å². The molecule has 82 valence electrons. The molecule has 1 heterocycles. The summed E-state index contributed by atoms with van der Waals surface area (Å²) < 4.78 is 18.5. The average Bonchev–Trinajstić information content (AvgIpc) is 2.28. The molecule has 3 nitrogen and oxygen atoms in total. The highest BCUT2D eigenvalue weighted by atomic mass is 79.9. The van der Waals surface area contributed by atoms with E-state index < -0.39 is 0 Å². The SMILES string of the molecule is Fc1ccc(Oc2ncnc(Cl)c2Br)cc1. The van der Waals surface area contributed by atoms with Crippen molar-refractivity contribution in [3.63, 3.8) is 0 Å². The Balaban J connectivity index is 2.27. The molecule has 0 N–H and O–H groups in total. The molecule has 0 radical (unpaired) electrons. The molecule has 2 rings (SSSR count). The highest BCUT2D eigenvalue weighted by Gasteiger charge is 2.08. The topological polar surface area (TPSA) is 35.0 Å². The molecular weight excluding hydrogens is 298 g/mol. The standard InChI is InChI=1S/C10H5BrClFN2O/c11-8-9(12)14-5-15-10(8)16-7-3-1-6(13)2-4-7/h1-5H. The van der Waals surface area contributed by atoms with Crippen LogP contribution in [0.15, 0.2) is 35.1 Å². The molecule has 0 aliphatic rings. The van der Waals surface area contributed by atoms with Gasteiger partial charge in [-0.15, -0.1) is 0 Å². The number of aromatic nitrogens is 2. The maximum atomic E-state index is 12.7. The molecule has 2 aromatic rings. The molecule has 0 aliphatic heterocycles. The van der Waals surface area contributed by atoms with Gasteiger partial charge in [0.1, 0.15) is 22.4 Å². The van der Waals surface area contributed by atoms with Crippen molar-refractivity contribution in [1.29, 1.82) is 0 Å². The van der Waals surface area contributed by atoms with Gasteiger partial charge in [-0.1, -0.05) is 11.6 Å². The molecule has 0 saturated carbocycles. The van der Waals surface area contributed by atoms with Crippen molar-refractivity contribution in [3.05, 3.63) is 46.0 Å². The number of hydrogen-bond acceptors (Lipinski definition) is 3. The Morgan fingerprint density at radius 1 is 1.19 bits per heavy atom. The van der Waals surface area contributed by atoms with Crippen molar-refractivity contribution in [1.82, 2.24) is 9.97 Å². The van der Waals surface area contributed by atoms with Crippen molar-refractivity contribution in [2.75, 3.05) is 0 Å². The summed E-state index contributed by atoms with van der Waals surface area (Å²) in [6, 6.07) is 5.59. The van der Waals surface area contributed by atoms with E-state index in [1.165, 1.54) is 30.6 Å². The summed E-state index contributed by atoms with van der Waals surface area (Å²) in [4.78, 5) is 7.66. The second-order valence-electron chi connectivity index (χ2n) is 2.84. The van der Waals surface area contributed by atoms with Gasteiger partial charge in [-0.25, -0.2) is 14.4 Å². The van der Waals surface area contributed by atoms with E-state index in [9.17, 15) is 4.39 Å². The lowest BCUT2D eigenvalue weighted by Crippen LogP contribution is -1.91. The summed E-state index contributed by atoms with van der Waals surface area (Å²) in [7, 11) is 0. The van der Waals surface area contributed by atoms with Crippen LogP contribution in [0.25, 0.3) is 0 Å². The van der Waals surface area contributed by atoms with E-state index in [2.05, 4.69) is 25.9 Å². The normalized spacial score (nSPS) is 10.2. The highest BCUT2D eigenvalue weighted by molar-refractivity contribution is 9.10. The van der Waals surface area contributed by atoms with Crippen LogP contribution in [0, 0.1) is 5.82 Å². The van der Waals surface area contributed by atoms with Crippen LogP contribution in [0.2, 0.25) is 5.15 Å². The summed E-state index contributed by atoms with van der Waals surface area (Å²) >= 11 is 8.96. The molecule has 1 aromatic heterocycles. The van der Waals surface area contributed by atoms with Crippen molar-refractivity contribution in [2.24, 2.45) is 0 Å².